The Hall–Kier alpha value is -2.86. The Morgan fingerprint density at radius 3 is 2.35 bits per heavy atom. The van der Waals surface area contributed by atoms with Gasteiger partial charge in [0.2, 0.25) is 0 Å². The zero-order valence-corrected chi connectivity index (χ0v) is 15.0. The molecule has 0 fully saturated rings. The highest BCUT2D eigenvalue weighted by atomic mass is 16.5. The molecule has 0 saturated heterocycles. The Balaban J connectivity index is 2.02. The number of para-hydroxylation sites is 1. The molecule has 138 valence electrons. The number of carbonyl (C=O) groups excluding carboxylic acids is 2. The average molecular weight is 357 g/mol. The first-order valence-electron chi connectivity index (χ1n) is 8.53. The van der Waals surface area contributed by atoms with Crippen molar-refractivity contribution in [2.45, 2.75) is 13.8 Å². The first-order valence-corrected chi connectivity index (χ1v) is 8.53. The Morgan fingerprint density at radius 2 is 1.65 bits per heavy atom. The zero-order valence-electron chi connectivity index (χ0n) is 15.0. The first-order chi connectivity index (χ1) is 12.7. The Labute approximate surface area is 153 Å². The minimum absolute atomic E-state index is 0.291. The van der Waals surface area contributed by atoms with E-state index in [1.807, 2.05) is 6.92 Å². The summed E-state index contributed by atoms with van der Waals surface area (Å²) in [7, 11) is 0. The van der Waals surface area contributed by atoms with Crippen LogP contribution in [0.15, 0.2) is 48.5 Å². The number of esters is 1. The summed E-state index contributed by atoms with van der Waals surface area (Å²) in [6.07, 6.45) is 0. The third kappa shape index (κ3) is 5.60. The standard InChI is InChI=1S/C20H23NO5/c1-3-24-13-14-26-18-8-6-5-7-17(18)19(22)21-16-11-9-15(10-12-16)20(23)25-4-2/h5-12H,3-4,13-14H2,1-2H3,(H,21,22). The fraction of sp³-hybridized carbons (Fsp3) is 0.300. The molecule has 0 bridgehead atoms. The molecular weight excluding hydrogens is 334 g/mol. The molecule has 2 rings (SSSR count). The maximum Gasteiger partial charge on any atom is 0.338 e. The summed E-state index contributed by atoms with van der Waals surface area (Å²) in [4.78, 5) is 24.2. The van der Waals surface area contributed by atoms with E-state index in [0.29, 0.717) is 49.0 Å². The molecule has 6 nitrogen and oxygen atoms in total. The van der Waals surface area contributed by atoms with E-state index in [4.69, 9.17) is 14.2 Å². The number of hydrogen-bond acceptors (Lipinski definition) is 5. The van der Waals surface area contributed by atoms with E-state index in [1.54, 1.807) is 55.5 Å². The number of nitrogens with one attached hydrogen (secondary N) is 1. The molecule has 0 aliphatic heterocycles. The molecule has 0 aliphatic carbocycles. The van der Waals surface area contributed by atoms with Crippen LogP contribution in [0.1, 0.15) is 34.6 Å². The molecule has 26 heavy (non-hydrogen) atoms. The van der Waals surface area contributed by atoms with Gasteiger partial charge < -0.3 is 19.5 Å². The molecule has 1 amide bonds. The topological polar surface area (TPSA) is 73.9 Å². The second-order valence-electron chi connectivity index (χ2n) is 5.29. The number of ether oxygens (including phenoxy) is 3. The lowest BCUT2D eigenvalue weighted by molar-refractivity contribution is 0.0526. The fourth-order valence-electron chi connectivity index (χ4n) is 2.24. The molecule has 0 aliphatic rings. The maximum atomic E-state index is 12.5. The van der Waals surface area contributed by atoms with E-state index >= 15 is 0 Å². The Kier molecular flexibility index (Phi) is 7.64. The largest absolute Gasteiger partial charge is 0.490 e. The van der Waals surface area contributed by atoms with Crippen LogP contribution in [0.2, 0.25) is 0 Å². The van der Waals surface area contributed by atoms with E-state index in [0.717, 1.165) is 0 Å². The molecular formula is C20H23NO5. The molecule has 0 heterocycles. The summed E-state index contributed by atoms with van der Waals surface area (Å²) in [5, 5.41) is 2.80. The molecule has 1 N–H and O–H groups in total. The maximum absolute atomic E-state index is 12.5. The SMILES string of the molecule is CCOCCOc1ccccc1C(=O)Nc1ccc(C(=O)OCC)cc1. The third-order valence-electron chi connectivity index (χ3n) is 3.47. The second-order valence-corrected chi connectivity index (χ2v) is 5.29. The van der Waals surface area contributed by atoms with Crippen molar-refractivity contribution in [3.63, 3.8) is 0 Å². The number of benzene rings is 2. The van der Waals surface area contributed by atoms with Crippen LogP contribution in [-0.2, 0) is 9.47 Å². The van der Waals surface area contributed by atoms with Gasteiger partial charge in [-0.2, -0.15) is 0 Å². The van der Waals surface area contributed by atoms with Gasteiger partial charge in [0.15, 0.2) is 0 Å². The number of hydrogen-bond donors (Lipinski definition) is 1. The normalized spacial score (nSPS) is 10.2. The van der Waals surface area contributed by atoms with Crippen LogP contribution in [0.25, 0.3) is 0 Å². The number of carbonyl (C=O) groups is 2. The first kappa shape index (κ1) is 19.5. The van der Waals surface area contributed by atoms with Crippen molar-refractivity contribution in [3.8, 4) is 5.75 Å². The van der Waals surface area contributed by atoms with Gasteiger partial charge in [0.1, 0.15) is 12.4 Å². The number of anilines is 1. The lowest BCUT2D eigenvalue weighted by Crippen LogP contribution is -2.15. The second kappa shape index (κ2) is 10.2. The van der Waals surface area contributed by atoms with Gasteiger partial charge in [-0.15, -0.1) is 0 Å². The summed E-state index contributed by atoms with van der Waals surface area (Å²) < 4.78 is 15.8. The van der Waals surface area contributed by atoms with Gasteiger partial charge in [0, 0.05) is 12.3 Å². The molecule has 0 spiro atoms. The van der Waals surface area contributed by atoms with Gasteiger partial charge in [-0.05, 0) is 50.2 Å². The molecule has 2 aromatic rings. The minimum atomic E-state index is -0.390. The van der Waals surface area contributed by atoms with Gasteiger partial charge >= 0.3 is 5.97 Å². The van der Waals surface area contributed by atoms with Crippen molar-refractivity contribution in [2.75, 3.05) is 31.7 Å². The van der Waals surface area contributed by atoms with Crippen LogP contribution < -0.4 is 10.1 Å². The van der Waals surface area contributed by atoms with Gasteiger partial charge in [0.05, 0.1) is 24.3 Å². The third-order valence-corrected chi connectivity index (χ3v) is 3.47. The zero-order chi connectivity index (χ0) is 18.8. The van der Waals surface area contributed by atoms with Crippen molar-refractivity contribution >= 4 is 17.6 Å². The van der Waals surface area contributed by atoms with Gasteiger partial charge in [-0.1, -0.05) is 12.1 Å². The van der Waals surface area contributed by atoms with Crippen LogP contribution in [0.3, 0.4) is 0 Å². The quantitative estimate of drug-likeness (QED) is 0.549. The summed E-state index contributed by atoms with van der Waals surface area (Å²) in [5.74, 6) is -0.188. The molecule has 2 aromatic carbocycles. The Bertz CT molecular complexity index is 727. The van der Waals surface area contributed by atoms with Crippen molar-refractivity contribution in [2.24, 2.45) is 0 Å². The van der Waals surface area contributed by atoms with E-state index in [-0.39, 0.29) is 5.91 Å². The van der Waals surface area contributed by atoms with Crippen LogP contribution in [0.5, 0.6) is 5.75 Å². The average Bonchev–Trinajstić information content (AvgIpc) is 2.66. The van der Waals surface area contributed by atoms with Crippen LogP contribution in [-0.4, -0.2) is 38.3 Å². The molecule has 0 aromatic heterocycles. The lowest BCUT2D eigenvalue weighted by atomic mass is 10.1. The van der Waals surface area contributed by atoms with E-state index in [1.165, 1.54) is 0 Å². The van der Waals surface area contributed by atoms with Crippen LogP contribution in [0, 0.1) is 0 Å². The molecule has 0 atom stereocenters. The minimum Gasteiger partial charge on any atom is -0.490 e. The molecule has 0 unspecified atom stereocenters. The number of rotatable bonds is 9. The van der Waals surface area contributed by atoms with Gasteiger partial charge in [-0.3, -0.25) is 4.79 Å². The van der Waals surface area contributed by atoms with Crippen LogP contribution in [0.4, 0.5) is 5.69 Å². The highest BCUT2D eigenvalue weighted by molar-refractivity contribution is 6.06. The summed E-state index contributed by atoms with van der Waals surface area (Å²) >= 11 is 0. The number of amides is 1. The highest BCUT2D eigenvalue weighted by Crippen LogP contribution is 2.20. The van der Waals surface area contributed by atoms with E-state index in [2.05, 4.69) is 5.32 Å². The smallest absolute Gasteiger partial charge is 0.338 e. The van der Waals surface area contributed by atoms with E-state index in [9.17, 15) is 9.59 Å². The summed E-state index contributed by atoms with van der Waals surface area (Å²) in [6, 6.07) is 13.5. The fourth-order valence-corrected chi connectivity index (χ4v) is 2.24. The summed E-state index contributed by atoms with van der Waals surface area (Å²) in [6.45, 7) is 5.42. The lowest BCUT2D eigenvalue weighted by Gasteiger charge is -2.12. The predicted molar refractivity (Wildman–Crippen MR) is 98.8 cm³/mol. The summed E-state index contributed by atoms with van der Waals surface area (Å²) in [5.41, 5.74) is 1.44. The molecule has 0 saturated carbocycles. The predicted octanol–water partition coefficient (Wildman–Crippen LogP) is 3.53. The van der Waals surface area contributed by atoms with Crippen LogP contribution >= 0.6 is 0 Å². The van der Waals surface area contributed by atoms with Crippen molar-refractivity contribution < 1.29 is 23.8 Å². The van der Waals surface area contributed by atoms with Gasteiger partial charge in [0.25, 0.3) is 5.91 Å². The van der Waals surface area contributed by atoms with Gasteiger partial charge in [-0.25, -0.2) is 4.79 Å². The van der Waals surface area contributed by atoms with E-state index < -0.39 is 5.97 Å². The highest BCUT2D eigenvalue weighted by Gasteiger charge is 2.13. The Morgan fingerprint density at radius 1 is 0.923 bits per heavy atom. The molecule has 0 radical (unpaired) electrons. The van der Waals surface area contributed by atoms with Crippen molar-refractivity contribution in [1.82, 2.24) is 0 Å². The van der Waals surface area contributed by atoms with Crippen molar-refractivity contribution in [3.05, 3.63) is 59.7 Å². The monoisotopic (exact) mass is 357 g/mol. The molecule has 6 heteroatoms. The van der Waals surface area contributed by atoms with Crippen molar-refractivity contribution in [1.29, 1.82) is 0 Å².